The Bertz CT molecular complexity index is 258. The molecule has 1 aliphatic rings. The van der Waals surface area contributed by atoms with E-state index >= 15 is 0 Å². The number of aliphatic hydroxyl groups is 1. The molecule has 2 N–H and O–H groups in total. The molecule has 0 aliphatic carbocycles. The van der Waals surface area contributed by atoms with Crippen molar-refractivity contribution in [2.45, 2.75) is 25.4 Å². The van der Waals surface area contributed by atoms with E-state index in [1.165, 1.54) is 0 Å². The first kappa shape index (κ1) is 9.74. The van der Waals surface area contributed by atoms with Crippen LogP contribution in [-0.4, -0.2) is 24.3 Å². The minimum atomic E-state index is -0.234. The second-order valence-corrected chi connectivity index (χ2v) is 3.96. The predicted octanol–water partition coefficient (Wildman–Crippen LogP) is 1.18. The number of aliphatic hydroxyl groups excluding tert-OH is 1. The molecule has 2 unspecified atom stereocenters. The van der Waals surface area contributed by atoms with Crippen LogP contribution in [0.1, 0.15) is 18.6 Å². The molecule has 3 heteroatoms. The smallest absolute Gasteiger partial charge is 0.104 e. The topological polar surface area (TPSA) is 45.4 Å². The van der Waals surface area contributed by atoms with Crippen molar-refractivity contribution >= 4 is 0 Å². The number of nitrogens with one attached hydrogen (secondary N) is 1. The monoisotopic (exact) mass is 195 g/mol. The van der Waals surface area contributed by atoms with Gasteiger partial charge in [-0.25, -0.2) is 0 Å². The first-order valence-electron chi connectivity index (χ1n) is 5.27. The van der Waals surface area contributed by atoms with Crippen molar-refractivity contribution in [3.05, 3.63) is 24.2 Å². The summed E-state index contributed by atoms with van der Waals surface area (Å²) in [4.78, 5) is 0. The molecule has 0 amide bonds. The highest BCUT2D eigenvalue weighted by atomic mass is 16.3. The summed E-state index contributed by atoms with van der Waals surface area (Å²) in [6.45, 7) is 1.73. The van der Waals surface area contributed by atoms with E-state index in [-0.39, 0.29) is 6.10 Å². The number of furan rings is 1. The zero-order chi connectivity index (χ0) is 9.80. The van der Waals surface area contributed by atoms with Gasteiger partial charge in [0.1, 0.15) is 5.76 Å². The van der Waals surface area contributed by atoms with Crippen LogP contribution in [0.2, 0.25) is 0 Å². The zero-order valence-corrected chi connectivity index (χ0v) is 8.28. The summed E-state index contributed by atoms with van der Waals surface area (Å²) >= 11 is 0. The van der Waals surface area contributed by atoms with Crippen LogP contribution in [-0.2, 0) is 6.42 Å². The van der Waals surface area contributed by atoms with Crippen molar-refractivity contribution in [2.24, 2.45) is 5.92 Å². The normalized spacial score (nSPS) is 28.6. The fourth-order valence-electron chi connectivity index (χ4n) is 2.02. The molecule has 14 heavy (non-hydrogen) atoms. The number of hydrogen-bond acceptors (Lipinski definition) is 3. The molecule has 0 spiro atoms. The van der Waals surface area contributed by atoms with E-state index < -0.39 is 0 Å². The molecule has 2 rings (SSSR count). The van der Waals surface area contributed by atoms with E-state index in [0.29, 0.717) is 12.5 Å². The van der Waals surface area contributed by atoms with Crippen molar-refractivity contribution < 1.29 is 9.52 Å². The van der Waals surface area contributed by atoms with Gasteiger partial charge >= 0.3 is 0 Å². The molecule has 0 saturated carbocycles. The van der Waals surface area contributed by atoms with Crippen molar-refractivity contribution in [2.75, 3.05) is 13.1 Å². The van der Waals surface area contributed by atoms with Crippen molar-refractivity contribution in [3.63, 3.8) is 0 Å². The number of hydrogen-bond donors (Lipinski definition) is 2. The van der Waals surface area contributed by atoms with Gasteiger partial charge in [0.2, 0.25) is 0 Å². The van der Waals surface area contributed by atoms with E-state index in [1.54, 1.807) is 6.26 Å². The molecule has 1 fully saturated rings. The molecule has 0 radical (unpaired) electrons. The van der Waals surface area contributed by atoms with E-state index in [1.807, 2.05) is 12.1 Å². The molecule has 1 aliphatic heterocycles. The van der Waals surface area contributed by atoms with E-state index in [0.717, 1.165) is 31.6 Å². The molecule has 0 aromatic carbocycles. The Kier molecular flexibility index (Phi) is 3.22. The van der Waals surface area contributed by atoms with Gasteiger partial charge < -0.3 is 14.8 Å². The maximum atomic E-state index is 9.84. The van der Waals surface area contributed by atoms with Gasteiger partial charge in [-0.15, -0.1) is 0 Å². The highest BCUT2D eigenvalue weighted by Crippen LogP contribution is 2.19. The van der Waals surface area contributed by atoms with Crippen LogP contribution in [0, 0.1) is 5.92 Å². The summed E-state index contributed by atoms with van der Waals surface area (Å²) in [5.41, 5.74) is 0. The Hall–Kier alpha value is -0.800. The summed E-state index contributed by atoms with van der Waals surface area (Å²) in [7, 11) is 0. The standard InChI is InChI=1S/C11H17NO2/c13-11-8-12-5-1-3-9(11)7-10-4-2-6-14-10/h2,4,6,9,11-13H,1,3,5,7-8H2. The Morgan fingerprint density at radius 1 is 1.57 bits per heavy atom. The van der Waals surface area contributed by atoms with Crippen LogP contribution in [0.4, 0.5) is 0 Å². The maximum Gasteiger partial charge on any atom is 0.104 e. The van der Waals surface area contributed by atoms with Crippen LogP contribution in [0.25, 0.3) is 0 Å². The Balaban J connectivity index is 1.94. The second-order valence-electron chi connectivity index (χ2n) is 3.96. The van der Waals surface area contributed by atoms with E-state index in [4.69, 9.17) is 4.42 Å². The summed E-state index contributed by atoms with van der Waals surface area (Å²) in [5.74, 6) is 1.33. The molecule has 1 aromatic rings. The van der Waals surface area contributed by atoms with Gasteiger partial charge in [0.05, 0.1) is 12.4 Å². The zero-order valence-electron chi connectivity index (χ0n) is 8.28. The van der Waals surface area contributed by atoms with Crippen LogP contribution in [0.15, 0.2) is 22.8 Å². The molecule has 1 saturated heterocycles. The van der Waals surface area contributed by atoms with Gasteiger partial charge in [0.25, 0.3) is 0 Å². The van der Waals surface area contributed by atoms with Crippen molar-refractivity contribution in [3.8, 4) is 0 Å². The number of β-amino-alcohol motifs (C(OH)–C–C–N with tert-alkyl or cyclic N) is 1. The fourth-order valence-corrected chi connectivity index (χ4v) is 2.02. The highest BCUT2D eigenvalue weighted by molar-refractivity contribution is 5.00. The van der Waals surface area contributed by atoms with Gasteiger partial charge in [-0.05, 0) is 37.4 Å². The fraction of sp³-hybridized carbons (Fsp3) is 0.636. The van der Waals surface area contributed by atoms with Crippen molar-refractivity contribution in [1.82, 2.24) is 5.32 Å². The molecular formula is C11H17NO2. The quantitative estimate of drug-likeness (QED) is 0.745. The average Bonchev–Trinajstić information content (AvgIpc) is 2.60. The first-order chi connectivity index (χ1) is 6.86. The lowest BCUT2D eigenvalue weighted by atomic mass is 9.93. The van der Waals surface area contributed by atoms with Crippen LogP contribution < -0.4 is 5.32 Å². The molecule has 0 bridgehead atoms. The average molecular weight is 195 g/mol. The molecular weight excluding hydrogens is 178 g/mol. The predicted molar refractivity (Wildman–Crippen MR) is 54.0 cm³/mol. The van der Waals surface area contributed by atoms with Gasteiger partial charge in [0.15, 0.2) is 0 Å². The van der Waals surface area contributed by atoms with Crippen LogP contribution in [0.3, 0.4) is 0 Å². The SMILES string of the molecule is OC1CNCCCC1Cc1ccco1. The Morgan fingerprint density at radius 3 is 3.29 bits per heavy atom. The third kappa shape index (κ3) is 2.36. The number of rotatable bonds is 2. The van der Waals surface area contributed by atoms with Crippen LogP contribution >= 0.6 is 0 Å². The Morgan fingerprint density at radius 2 is 2.50 bits per heavy atom. The third-order valence-corrected chi connectivity index (χ3v) is 2.87. The largest absolute Gasteiger partial charge is 0.469 e. The lowest BCUT2D eigenvalue weighted by molar-refractivity contribution is 0.108. The Labute approximate surface area is 84.1 Å². The van der Waals surface area contributed by atoms with Gasteiger partial charge in [-0.1, -0.05) is 0 Å². The molecule has 2 heterocycles. The lowest BCUT2D eigenvalue weighted by Gasteiger charge is -2.18. The summed E-state index contributed by atoms with van der Waals surface area (Å²) in [6.07, 6.45) is 4.53. The van der Waals surface area contributed by atoms with Gasteiger partial charge in [0, 0.05) is 13.0 Å². The molecule has 3 nitrogen and oxygen atoms in total. The van der Waals surface area contributed by atoms with Crippen molar-refractivity contribution in [1.29, 1.82) is 0 Å². The molecule has 78 valence electrons. The molecule has 1 aromatic heterocycles. The van der Waals surface area contributed by atoms with Gasteiger partial charge in [-0.2, -0.15) is 0 Å². The van der Waals surface area contributed by atoms with Gasteiger partial charge in [-0.3, -0.25) is 0 Å². The minimum absolute atomic E-state index is 0.234. The summed E-state index contributed by atoms with van der Waals surface area (Å²) in [5, 5.41) is 13.1. The highest BCUT2D eigenvalue weighted by Gasteiger charge is 2.22. The van der Waals surface area contributed by atoms with E-state index in [2.05, 4.69) is 5.32 Å². The maximum absolute atomic E-state index is 9.84. The van der Waals surface area contributed by atoms with Crippen LogP contribution in [0.5, 0.6) is 0 Å². The lowest BCUT2D eigenvalue weighted by Crippen LogP contribution is -2.30. The summed E-state index contributed by atoms with van der Waals surface area (Å²) < 4.78 is 5.29. The third-order valence-electron chi connectivity index (χ3n) is 2.87. The second kappa shape index (κ2) is 4.62. The summed E-state index contributed by atoms with van der Waals surface area (Å²) in [6, 6.07) is 3.88. The van der Waals surface area contributed by atoms with E-state index in [9.17, 15) is 5.11 Å². The first-order valence-corrected chi connectivity index (χ1v) is 5.27. The minimum Gasteiger partial charge on any atom is -0.469 e. The molecule has 2 atom stereocenters.